The number of ether oxygens (including phenoxy) is 1. The number of nitrogens with zero attached hydrogens (tertiary/aromatic N) is 3. The van der Waals surface area contributed by atoms with Crippen LogP contribution in [0.25, 0.3) is 11.0 Å². The minimum atomic E-state index is -0.469. The molecule has 7 heteroatoms. The summed E-state index contributed by atoms with van der Waals surface area (Å²) in [5.74, 6) is -0.0642. The number of hydrogen-bond donors (Lipinski definition) is 2. The molecule has 1 aliphatic rings. The number of hydrogen-bond acceptors (Lipinski definition) is 5. The number of nitrogens with two attached hydrogens (primary N) is 2. The molecular weight excluding hydrogens is 282 g/mol. The molecule has 1 fully saturated rings. The summed E-state index contributed by atoms with van der Waals surface area (Å²) in [4.78, 5) is 18.5. The van der Waals surface area contributed by atoms with Gasteiger partial charge in [0.15, 0.2) is 0 Å². The van der Waals surface area contributed by atoms with Crippen molar-refractivity contribution in [2.45, 2.75) is 19.5 Å². The minimum absolute atomic E-state index is 0.0365. The van der Waals surface area contributed by atoms with Gasteiger partial charge in [-0.3, -0.25) is 14.3 Å². The fourth-order valence-corrected chi connectivity index (χ4v) is 3.15. The number of morpholine rings is 1. The third-order valence-electron chi connectivity index (χ3n) is 4.13. The highest BCUT2D eigenvalue weighted by Crippen LogP contribution is 2.29. The molecule has 1 saturated heterocycles. The topological polar surface area (TPSA) is 99.4 Å². The van der Waals surface area contributed by atoms with Crippen LogP contribution in [0.15, 0.2) is 18.2 Å². The second kappa shape index (κ2) is 5.94. The summed E-state index contributed by atoms with van der Waals surface area (Å²) in [5.41, 5.74) is 13.5. The first-order valence-corrected chi connectivity index (χ1v) is 7.51. The fraction of sp³-hybridized carbons (Fsp3) is 0.467. The van der Waals surface area contributed by atoms with Gasteiger partial charge in [0.2, 0.25) is 5.95 Å². The number of carbonyl (C=O) groups excluding carboxylic acids is 1. The predicted molar refractivity (Wildman–Crippen MR) is 84.4 cm³/mol. The molecule has 4 N–H and O–H groups in total. The van der Waals surface area contributed by atoms with Crippen LogP contribution in [-0.2, 0) is 4.74 Å². The van der Waals surface area contributed by atoms with Gasteiger partial charge in [-0.25, -0.2) is 4.98 Å². The molecule has 1 unspecified atom stereocenters. The zero-order valence-corrected chi connectivity index (χ0v) is 12.7. The van der Waals surface area contributed by atoms with Crippen molar-refractivity contribution in [1.29, 1.82) is 0 Å². The van der Waals surface area contributed by atoms with Gasteiger partial charge in [0.1, 0.15) is 0 Å². The van der Waals surface area contributed by atoms with Crippen LogP contribution in [0.5, 0.6) is 0 Å². The summed E-state index contributed by atoms with van der Waals surface area (Å²) >= 11 is 0. The summed E-state index contributed by atoms with van der Waals surface area (Å²) < 4.78 is 7.35. The number of imidazole rings is 1. The van der Waals surface area contributed by atoms with E-state index in [4.69, 9.17) is 16.2 Å². The van der Waals surface area contributed by atoms with E-state index in [0.29, 0.717) is 35.8 Å². The quantitative estimate of drug-likeness (QED) is 0.876. The van der Waals surface area contributed by atoms with E-state index in [9.17, 15) is 4.79 Å². The molecule has 1 atom stereocenters. The number of para-hydroxylation sites is 1. The van der Waals surface area contributed by atoms with Crippen molar-refractivity contribution >= 4 is 22.9 Å². The first kappa shape index (κ1) is 14.8. The number of benzene rings is 1. The maximum Gasteiger partial charge on any atom is 0.250 e. The highest BCUT2D eigenvalue weighted by Gasteiger charge is 2.26. The lowest BCUT2D eigenvalue weighted by atomic mass is 10.1. The van der Waals surface area contributed by atoms with Crippen LogP contribution in [-0.4, -0.2) is 46.7 Å². The average molecular weight is 303 g/mol. The van der Waals surface area contributed by atoms with E-state index in [1.54, 1.807) is 12.1 Å². The normalized spacial score (nSPS) is 17.7. The Morgan fingerprint density at radius 3 is 2.77 bits per heavy atom. The average Bonchev–Trinajstić information content (AvgIpc) is 2.85. The highest BCUT2D eigenvalue weighted by molar-refractivity contribution is 6.04. The van der Waals surface area contributed by atoms with E-state index in [1.165, 1.54) is 0 Å². The standard InChI is InChI=1S/C15H21N5O2/c1-2-12(19-6-8-22-9-7-19)20-13-10(14(16)21)4-3-5-11(13)18-15(20)17/h3-5,12H,2,6-9H2,1H3,(H2,16,21)(H2,17,18). The Labute approximate surface area is 128 Å². The number of nitrogen functional groups attached to an aromatic ring is 1. The number of fused-ring (bicyclic) bond motifs is 1. The second-order valence-electron chi connectivity index (χ2n) is 5.41. The van der Waals surface area contributed by atoms with Crippen molar-refractivity contribution in [2.75, 3.05) is 32.0 Å². The van der Waals surface area contributed by atoms with Gasteiger partial charge in [0, 0.05) is 13.1 Å². The Balaban J connectivity index is 2.15. The smallest absolute Gasteiger partial charge is 0.250 e. The minimum Gasteiger partial charge on any atom is -0.379 e. The first-order valence-electron chi connectivity index (χ1n) is 7.51. The fourth-order valence-electron chi connectivity index (χ4n) is 3.15. The van der Waals surface area contributed by atoms with Gasteiger partial charge in [0.05, 0.1) is 36.0 Å². The lowest BCUT2D eigenvalue weighted by molar-refractivity contribution is -0.00106. The summed E-state index contributed by atoms with van der Waals surface area (Å²) in [5, 5.41) is 0. The van der Waals surface area contributed by atoms with Crippen molar-refractivity contribution in [2.24, 2.45) is 5.73 Å². The zero-order chi connectivity index (χ0) is 15.7. The lowest BCUT2D eigenvalue weighted by Crippen LogP contribution is -2.41. The van der Waals surface area contributed by atoms with Gasteiger partial charge < -0.3 is 16.2 Å². The van der Waals surface area contributed by atoms with Crippen LogP contribution in [0.2, 0.25) is 0 Å². The van der Waals surface area contributed by atoms with Crippen molar-refractivity contribution in [1.82, 2.24) is 14.5 Å². The molecule has 22 heavy (non-hydrogen) atoms. The Hall–Kier alpha value is -2.12. The molecule has 1 aliphatic heterocycles. The number of amides is 1. The van der Waals surface area contributed by atoms with Crippen molar-refractivity contribution in [3.05, 3.63) is 23.8 Å². The zero-order valence-electron chi connectivity index (χ0n) is 12.7. The van der Waals surface area contributed by atoms with Crippen LogP contribution in [0.3, 0.4) is 0 Å². The Morgan fingerprint density at radius 2 is 2.14 bits per heavy atom. The molecule has 0 bridgehead atoms. The van der Waals surface area contributed by atoms with Crippen LogP contribution >= 0.6 is 0 Å². The second-order valence-corrected chi connectivity index (χ2v) is 5.41. The van der Waals surface area contributed by atoms with Gasteiger partial charge in [-0.05, 0) is 18.6 Å². The van der Waals surface area contributed by atoms with Gasteiger partial charge in [0.25, 0.3) is 5.91 Å². The molecule has 0 aliphatic carbocycles. The SMILES string of the molecule is CCC(N1CCOCC1)n1c(N)nc2cccc(C(N)=O)c21. The Morgan fingerprint density at radius 1 is 1.41 bits per heavy atom. The number of carbonyl (C=O) groups is 1. The first-order chi connectivity index (χ1) is 10.6. The molecule has 1 aromatic carbocycles. The lowest BCUT2D eigenvalue weighted by Gasteiger charge is -2.35. The van der Waals surface area contributed by atoms with Crippen molar-refractivity contribution in [3.63, 3.8) is 0 Å². The summed E-state index contributed by atoms with van der Waals surface area (Å²) in [6.45, 7) is 5.16. The van der Waals surface area contributed by atoms with E-state index in [1.807, 2.05) is 10.6 Å². The molecule has 2 heterocycles. The summed E-state index contributed by atoms with van der Waals surface area (Å²) in [6.07, 6.45) is 0.886. The molecule has 0 saturated carbocycles. The molecule has 2 aromatic rings. The number of anilines is 1. The molecule has 1 aromatic heterocycles. The number of aromatic nitrogens is 2. The Kier molecular flexibility index (Phi) is 4.00. The van der Waals surface area contributed by atoms with Crippen LogP contribution in [0, 0.1) is 0 Å². The predicted octanol–water partition coefficient (Wildman–Crippen LogP) is 0.958. The third-order valence-corrected chi connectivity index (χ3v) is 4.13. The highest BCUT2D eigenvalue weighted by atomic mass is 16.5. The van der Waals surface area contributed by atoms with E-state index >= 15 is 0 Å². The van der Waals surface area contributed by atoms with Gasteiger partial charge >= 0.3 is 0 Å². The molecule has 0 spiro atoms. The van der Waals surface area contributed by atoms with Gasteiger partial charge in [-0.15, -0.1) is 0 Å². The largest absolute Gasteiger partial charge is 0.379 e. The van der Waals surface area contributed by atoms with Gasteiger partial charge in [-0.2, -0.15) is 0 Å². The van der Waals surface area contributed by atoms with E-state index in [2.05, 4.69) is 16.8 Å². The van der Waals surface area contributed by atoms with E-state index in [-0.39, 0.29) is 6.17 Å². The summed E-state index contributed by atoms with van der Waals surface area (Å²) in [7, 11) is 0. The monoisotopic (exact) mass is 303 g/mol. The summed E-state index contributed by atoms with van der Waals surface area (Å²) in [6, 6.07) is 5.34. The number of primary amides is 1. The molecule has 0 radical (unpaired) electrons. The number of rotatable bonds is 4. The molecular formula is C15H21N5O2. The third kappa shape index (κ3) is 2.42. The van der Waals surface area contributed by atoms with Crippen molar-refractivity contribution in [3.8, 4) is 0 Å². The van der Waals surface area contributed by atoms with Gasteiger partial charge in [-0.1, -0.05) is 13.0 Å². The Bertz CT molecular complexity index is 691. The van der Waals surface area contributed by atoms with Crippen LogP contribution in [0.1, 0.15) is 29.9 Å². The maximum atomic E-state index is 11.8. The van der Waals surface area contributed by atoms with Crippen molar-refractivity contribution < 1.29 is 9.53 Å². The molecule has 1 amide bonds. The van der Waals surface area contributed by atoms with Crippen LogP contribution in [0.4, 0.5) is 5.95 Å². The maximum absolute atomic E-state index is 11.8. The van der Waals surface area contributed by atoms with E-state index < -0.39 is 5.91 Å². The molecule has 118 valence electrons. The van der Waals surface area contributed by atoms with Crippen LogP contribution < -0.4 is 11.5 Å². The molecule has 7 nitrogen and oxygen atoms in total. The van der Waals surface area contributed by atoms with E-state index in [0.717, 1.165) is 19.5 Å². The molecule has 3 rings (SSSR count).